The first-order valence-corrected chi connectivity index (χ1v) is 11.0. The topological polar surface area (TPSA) is 120 Å². The Labute approximate surface area is 203 Å². The van der Waals surface area contributed by atoms with Gasteiger partial charge in [0.25, 0.3) is 0 Å². The average Bonchev–Trinajstić information content (AvgIpc) is 3.20. The predicted molar refractivity (Wildman–Crippen MR) is 137 cm³/mol. The van der Waals surface area contributed by atoms with E-state index in [0.29, 0.717) is 47.3 Å². The van der Waals surface area contributed by atoms with Crippen LogP contribution in [0.5, 0.6) is 17.2 Å². The van der Waals surface area contributed by atoms with E-state index in [-0.39, 0.29) is 0 Å². The Morgan fingerprint density at radius 2 is 1.83 bits per heavy atom. The van der Waals surface area contributed by atoms with Crippen molar-refractivity contribution < 1.29 is 14.2 Å². The number of anilines is 1. The highest BCUT2D eigenvalue weighted by atomic mass is 16.5. The number of nitrogens with zero attached hydrogens (tertiary/aromatic N) is 3. The van der Waals surface area contributed by atoms with Gasteiger partial charge in [0.2, 0.25) is 5.95 Å². The van der Waals surface area contributed by atoms with Crippen LogP contribution >= 0.6 is 0 Å². The Morgan fingerprint density at radius 3 is 2.51 bits per heavy atom. The second-order valence-electron chi connectivity index (χ2n) is 7.78. The van der Waals surface area contributed by atoms with E-state index < -0.39 is 0 Å². The zero-order chi connectivity index (χ0) is 24.8. The molecule has 0 saturated carbocycles. The van der Waals surface area contributed by atoms with E-state index in [4.69, 9.17) is 25.4 Å². The summed E-state index contributed by atoms with van der Waals surface area (Å²) in [6.45, 7) is 0.873. The molecule has 0 aliphatic carbocycles. The molecule has 2 heterocycles. The molecule has 180 valence electrons. The summed E-state index contributed by atoms with van der Waals surface area (Å²) < 4.78 is 18.6. The molecule has 4 aromatic rings. The van der Waals surface area contributed by atoms with Gasteiger partial charge >= 0.3 is 0 Å². The fourth-order valence-corrected chi connectivity index (χ4v) is 3.70. The standard InChI is InChI=1S/C26H28N6O3/c1-29-13-20(12-27)19-11-22-25(30-14-19)32(26(28)31-22)15-18-6-9-23(24(10-18)34-3)35-16-17-4-7-21(33-2)8-5-17/h4-14,27,29H,15-16H2,1-3H3,(H2,28,31)/b20-13+,27-12?. The molecule has 9 heteroatoms. The zero-order valence-corrected chi connectivity index (χ0v) is 19.9. The molecule has 0 aliphatic heterocycles. The number of imidazole rings is 1. The van der Waals surface area contributed by atoms with Crippen molar-refractivity contribution in [3.8, 4) is 17.2 Å². The molecule has 0 fully saturated rings. The minimum atomic E-state index is 0.359. The Hall–Kier alpha value is -4.53. The molecule has 0 saturated heterocycles. The number of benzene rings is 2. The number of rotatable bonds is 10. The lowest BCUT2D eigenvalue weighted by Gasteiger charge is -2.13. The second-order valence-corrected chi connectivity index (χ2v) is 7.78. The summed E-state index contributed by atoms with van der Waals surface area (Å²) in [7, 11) is 5.04. The van der Waals surface area contributed by atoms with Crippen molar-refractivity contribution in [2.45, 2.75) is 13.2 Å². The molecule has 0 unspecified atom stereocenters. The van der Waals surface area contributed by atoms with Crippen LogP contribution in [-0.2, 0) is 13.2 Å². The molecule has 0 atom stereocenters. The van der Waals surface area contributed by atoms with E-state index in [0.717, 1.165) is 22.4 Å². The summed E-state index contributed by atoms with van der Waals surface area (Å²) in [6.07, 6.45) is 4.72. The third-order valence-corrected chi connectivity index (χ3v) is 5.53. The maximum Gasteiger partial charge on any atom is 0.202 e. The smallest absolute Gasteiger partial charge is 0.202 e. The lowest BCUT2D eigenvalue weighted by molar-refractivity contribution is 0.284. The fourth-order valence-electron chi connectivity index (χ4n) is 3.70. The van der Waals surface area contributed by atoms with Crippen molar-refractivity contribution >= 4 is 28.9 Å². The van der Waals surface area contributed by atoms with Crippen LogP contribution in [0.25, 0.3) is 16.7 Å². The molecule has 0 amide bonds. The first-order valence-electron chi connectivity index (χ1n) is 11.0. The molecule has 0 aliphatic rings. The number of nitrogens with two attached hydrogens (primary N) is 1. The summed E-state index contributed by atoms with van der Waals surface area (Å²) in [6, 6.07) is 15.4. The fraction of sp³-hybridized carbons (Fsp3) is 0.192. The SMILES string of the molecule is CN/C=C(\C=N)c1cnc2c(c1)nc(N)n2Cc1ccc(OCc2ccc(OC)cc2)c(OC)c1. The van der Waals surface area contributed by atoms with Crippen LogP contribution in [0.15, 0.2) is 60.9 Å². The highest BCUT2D eigenvalue weighted by molar-refractivity contribution is 6.08. The van der Waals surface area contributed by atoms with E-state index in [1.807, 2.05) is 53.1 Å². The average molecular weight is 473 g/mol. The van der Waals surface area contributed by atoms with Crippen molar-refractivity contribution in [2.75, 3.05) is 27.0 Å². The summed E-state index contributed by atoms with van der Waals surface area (Å²) in [5, 5.41) is 10.6. The molecule has 0 spiro atoms. The van der Waals surface area contributed by atoms with Gasteiger partial charge in [-0.25, -0.2) is 9.97 Å². The number of allylic oxidation sites excluding steroid dienone is 1. The Kier molecular flexibility index (Phi) is 7.15. The van der Waals surface area contributed by atoms with Gasteiger partial charge in [-0.05, 0) is 41.5 Å². The summed E-state index contributed by atoms with van der Waals surface area (Å²) in [5.41, 5.74) is 11.0. The number of ether oxygens (including phenoxy) is 3. The van der Waals surface area contributed by atoms with Gasteiger partial charge < -0.3 is 30.7 Å². The molecule has 4 N–H and O–H groups in total. The lowest BCUT2D eigenvalue weighted by Crippen LogP contribution is -2.06. The maximum absolute atomic E-state index is 7.62. The molecule has 0 radical (unpaired) electrons. The summed E-state index contributed by atoms with van der Waals surface area (Å²) in [5.74, 6) is 2.44. The number of nitrogens with one attached hydrogen (secondary N) is 2. The molecule has 4 rings (SSSR count). The summed E-state index contributed by atoms with van der Waals surface area (Å²) >= 11 is 0. The summed E-state index contributed by atoms with van der Waals surface area (Å²) in [4.78, 5) is 9.04. The number of hydrogen-bond donors (Lipinski definition) is 3. The van der Waals surface area contributed by atoms with Crippen molar-refractivity contribution in [2.24, 2.45) is 0 Å². The van der Waals surface area contributed by atoms with Crippen LogP contribution in [0.4, 0.5) is 5.95 Å². The quantitative estimate of drug-likeness (QED) is 0.300. The molecule has 0 bridgehead atoms. The largest absolute Gasteiger partial charge is 0.497 e. The van der Waals surface area contributed by atoms with Crippen molar-refractivity contribution in [3.05, 3.63) is 77.6 Å². The van der Waals surface area contributed by atoms with Crippen LogP contribution in [0, 0.1) is 5.41 Å². The van der Waals surface area contributed by atoms with Gasteiger partial charge in [0.15, 0.2) is 17.1 Å². The minimum Gasteiger partial charge on any atom is -0.497 e. The van der Waals surface area contributed by atoms with Gasteiger partial charge in [0.1, 0.15) is 17.9 Å². The first-order chi connectivity index (χ1) is 17.1. The Balaban J connectivity index is 1.54. The number of aromatic nitrogens is 3. The third-order valence-electron chi connectivity index (χ3n) is 5.53. The monoisotopic (exact) mass is 472 g/mol. The zero-order valence-electron chi connectivity index (χ0n) is 19.9. The van der Waals surface area contributed by atoms with Crippen LogP contribution in [0.1, 0.15) is 16.7 Å². The Bertz CT molecular complexity index is 1360. The number of nitrogen functional groups attached to an aromatic ring is 1. The van der Waals surface area contributed by atoms with Gasteiger partial charge in [-0.2, -0.15) is 0 Å². The first kappa shape index (κ1) is 23.6. The molecule has 35 heavy (non-hydrogen) atoms. The number of hydrogen-bond acceptors (Lipinski definition) is 8. The minimum absolute atomic E-state index is 0.359. The number of fused-ring (bicyclic) bond motifs is 1. The van der Waals surface area contributed by atoms with Gasteiger partial charge in [-0.1, -0.05) is 18.2 Å². The Morgan fingerprint density at radius 1 is 1.06 bits per heavy atom. The van der Waals surface area contributed by atoms with Crippen LogP contribution in [-0.4, -0.2) is 42.0 Å². The normalized spacial score (nSPS) is 11.3. The van der Waals surface area contributed by atoms with Crippen molar-refractivity contribution in [3.63, 3.8) is 0 Å². The van der Waals surface area contributed by atoms with E-state index in [2.05, 4.69) is 15.3 Å². The van der Waals surface area contributed by atoms with E-state index in [1.165, 1.54) is 6.21 Å². The van der Waals surface area contributed by atoms with E-state index >= 15 is 0 Å². The van der Waals surface area contributed by atoms with Crippen LogP contribution in [0.3, 0.4) is 0 Å². The van der Waals surface area contributed by atoms with E-state index in [9.17, 15) is 0 Å². The van der Waals surface area contributed by atoms with Crippen LogP contribution in [0.2, 0.25) is 0 Å². The predicted octanol–water partition coefficient (Wildman–Crippen LogP) is 3.87. The van der Waals surface area contributed by atoms with E-state index in [1.54, 1.807) is 33.7 Å². The number of pyridine rings is 1. The lowest BCUT2D eigenvalue weighted by atomic mass is 10.1. The third kappa shape index (κ3) is 5.19. The molecule has 2 aromatic heterocycles. The molecule has 2 aromatic carbocycles. The van der Waals surface area contributed by atoms with Gasteiger partial charge in [-0.3, -0.25) is 4.57 Å². The van der Waals surface area contributed by atoms with Gasteiger partial charge in [0.05, 0.1) is 20.8 Å². The molecular formula is C26H28N6O3. The highest BCUT2D eigenvalue weighted by Gasteiger charge is 2.14. The van der Waals surface area contributed by atoms with Crippen molar-refractivity contribution in [1.82, 2.24) is 19.9 Å². The van der Waals surface area contributed by atoms with Crippen molar-refractivity contribution in [1.29, 1.82) is 5.41 Å². The molecule has 9 nitrogen and oxygen atoms in total. The molecular weight excluding hydrogens is 444 g/mol. The highest BCUT2D eigenvalue weighted by Crippen LogP contribution is 2.30. The van der Waals surface area contributed by atoms with Crippen LogP contribution < -0.4 is 25.3 Å². The van der Waals surface area contributed by atoms with Gasteiger partial charge in [-0.15, -0.1) is 0 Å². The van der Waals surface area contributed by atoms with Gasteiger partial charge in [0, 0.05) is 36.8 Å². The number of methoxy groups -OCH3 is 2. The second kappa shape index (κ2) is 10.6. The maximum atomic E-state index is 7.62.